The number of para-hydroxylation sites is 1. The van der Waals surface area contributed by atoms with Crippen LogP contribution in [0.1, 0.15) is 33.0 Å². The van der Waals surface area contributed by atoms with E-state index in [9.17, 15) is 4.79 Å². The number of carbonyl (C=O) groups is 1. The molecule has 0 saturated heterocycles. The molecule has 0 saturated carbocycles. The van der Waals surface area contributed by atoms with Crippen molar-refractivity contribution in [3.8, 4) is 0 Å². The molecular formula is C18H22N4O2. The van der Waals surface area contributed by atoms with Crippen molar-refractivity contribution in [1.29, 1.82) is 0 Å². The Labute approximate surface area is 140 Å². The van der Waals surface area contributed by atoms with E-state index >= 15 is 0 Å². The number of hydrogen-bond acceptors (Lipinski definition) is 5. The molecule has 0 amide bonds. The summed E-state index contributed by atoms with van der Waals surface area (Å²) in [6, 6.07) is 7.80. The number of nitrogens with two attached hydrogens (primary N) is 1. The number of fused-ring (bicyclic) bond motifs is 3. The zero-order chi connectivity index (χ0) is 17.5. The number of aromatic nitrogens is 3. The van der Waals surface area contributed by atoms with Crippen molar-refractivity contribution in [3.63, 3.8) is 0 Å². The van der Waals surface area contributed by atoms with E-state index in [0.717, 1.165) is 22.2 Å². The van der Waals surface area contributed by atoms with Crippen LogP contribution in [0.25, 0.3) is 21.9 Å². The normalized spacial score (nSPS) is 12.0. The number of aryl methyl sites for hydroxylation is 2. The Balaban J connectivity index is 2.02. The van der Waals surface area contributed by atoms with Gasteiger partial charge in [-0.15, -0.1) is 0 Å². The lowest BCUT2D eigenvalue weighted by molar-refractivity contribution is -0.155. The van der Waals surface area contributed by atoms with Gasteiger partial charge in [0.15, 0.2) is 5.82 Å². The van der Waals surface area contributed by atoms with Crippen LogP contribution < -0.4 is 5.73 Å². The second kappa shape index (κ2) is 5.78. The fourth-order valence-electron chi connectivity index (χ4n) is 2.84. The number of carbonyl (C=O) groups excluding carboxylic acids is 1. The van der Waals surface area contributed by atoms with Crippen LogP contribution in [0.3, 0.4) is 0 Å². The highest BCUT2D eigenvalue weighted by molar-refractivity contribution is 6.06. The predicted molar refractivity (Wildman–Crippen MR) is 94.6 cm³/mol. The quantitative estimate of drug-likeness (QED) is 0.747. The predicted octanol–water partition coefficient (Wildman–Crippen LogP) is 3.21. The number of pyridine rings is 1. The average molecular weight is 326 g/mol. The first kappa shape index (κ1) is 16.2. The molecule has 0 aliphatic carbocycles. The molecule has 0 bridgehead atoms. The molecule has 2 aromatic heterocycles. The van der Waals surface area contributed by atoms with E-state index in [1.807, 2.05) is 56.5 Å². The summed E-state index contributed by atoms with van der Waals surface area (Å²) >= 11 is 0. The summed E-state index contributed by atoms with van der Waals surface area (Å²) in [5.74, 6) is 0.983. The molecule has 0 unspecified atom stereocenters. The summed E-state index contributed by atoms with van der Waals surface area (Å²) < 4.78 is 7.40. The van der Waals surface area contributed by atoms with Crippen molar-refractivity contribution < 1.29 is 9.53 Å². The van der Waals surface area contributed by atoms with Crippen LogP contribution in [0.4, 0.5) is 5.82 Å². The van der Waals surface area contributed by atoms with Gasteiger partial charge in [0, 0.05) is 11.9 Å². The van der Waals surface area contributed by atoms with Crippen LogP contribution in [-0.4, -0.2) is 26.1 Å². The van der Waals surface area contributed by atoms with Gasteiger partial charge in [-0.3, -0.25) is 4.79 Å². The number of nitrogens with zero attached hydrogens (tertiary/aromatic N) is 3. The van der Waals surface area contributed by atoms with Gasteiger partial charge in [0.2, 0.25) is 0 Å². The van der Waals surface area contributed by atoms with E-state index in [0.29, 0.717) is 17.9 Å². The lowest BCUT2D eigenvalue weighted by Gasteiger charge is -2.19. The number of hydrogen-bond donors (Lipinski definition) is 1. The molecule has 2 heterocycles. The van der Waals surface area contributed by atoms with Gasteiger partial charge in [0.25, 0.3) is 0 Å². The third kappa shape index (κ3) is 3.04. The fourth-order valence-corrected chi connectivity index (χ4v) is 2.84. The summed E-state index contributed by atoms with van der Waals surface area (Å²) in [5.41, 5.74) is 8.00. The summed E-state index contributed by atoms with van der Waals surface area (Å²) in [7, 11) is 0. The molecule has 2 N–H and O–H groups in total. The number of benzene rings is 1. The molecule has 24 heavy (non-hydrogen) atoms. The second-order valence-corrected chi connectivity index (χ2v) is 6.86. The van der Waals surface area contributed by atoms with Crippen molar-refractivity contribution in [3.05, 3.63) is 30.1 Å². The molecule has 0 spiro atoms. The van der Waals surface area contributed by atoms with E-state index < -0.39 is 5.60 Å². The monoisotopic (exact) mass is 326 g/mol. The molecule has 126 valence electrons. The molecule has 0 aliphatic rings. The Bertz CT molecular complexity index is 922. The van der Waals surface area contributed by atoms with Gasteiger partial charge in [0.05, 0.1) is 17.5 Å². The zero-order valence-electron chi connectivity index (χ0n) is 14.5. The van der Waals surface area contributed by atoms with Gasteiger partial charge in [-0.1, -0.05) is 18.2 Å². The number of rotatable bonds is 3. The minimum Gasteiger partial charge on any atom is -0.460 e. The number of imidazole rings is 1. The summed E-state index contributed by atoms with van der Waals surface area (Å²) in [4.78, 5) is 21.0. The Morgan fingerprint density at radius 1 is 1.25 bits per heavy atom. The van der Waals surface area contributed by atoms with E-state index in [-0.39, 0.29) is 12.4 Å². The second-order valence-electron chi connectivity index (χ2n) is 6.86. The van der Waals surface area contributed by atoms with Gasteiger partial charge < -0.3 is 15.0 Å². The molecule has 6 nitrogen and oxygen atoms in total. The molecule has 3 aromatic rings. The number of esters is 1. The molecule has 1 aromatic carbocycles. The molecule has 0 atom stereocenters. The fraction of sp³-hybridized carbons (Fsp3) is 0.389. The molecule has 0 aliphatic heterocycles. The van der Waals surface area contributed by atoms with Gasteiger partial charge in [-0.2, -0.15) is 0 Å². The molecule has 3 rings (SSSR count). The topological polar surface area (TPSA) is 83.0 Å². The van der Waals surface area contributed by atoms with Crippen molar-refractivity contribution >= 4 is 33.7 Å². The average Bonchev–Trinajstić information content (AvgIpc) is 2.81. The van der Waals surface area contributed by atoms with Crippen LogP contribution >= 0.6 is 0 Å². The first-order valence-electron chi connectivity index (χ1n) is 7.99. The maximum atomic E-state index is 12.0. The Kier molecular flexibility index (Phi) is 3.91. The van der Waals surface area contributed by atoms with Crippen LogP contribution in [0, 0.1) is 6.92 Å². The summed E-state index contributed by atoms with van der Waals surface area (Å²) in [6.07, 6.45) is 0.278. The minimum absolute atomic E-state index is 0.227. The van der Waals surface area contributed by atoms with E-state index in [4.69, 9.17) is 10.5 Å². The maximum absolute atomic E-state index is 12.0. The van der Waals surface area contributed by atoms with Crippen LogP contribution in [0.5, 0.6) is 0 Å². The van der Waals surface area contributed by atoms with Crippen molar-refractivity contribution in [2.24, 2.45) is 0 Å². The highest BCUT2D eigenvalue weighted by atomic mass is 16.6. The first-order valence-corrected chi connectivity index (χ1v) is 7.99. The molecular weight excluding hydrogens is 304 g/mol. The SMILES string of the molecule is Cc1nc2c(N)nc3ccccc3c2n1CCC(=O)OC(C)(C)C. The van der Waals surface area contributed by atoms with Gasteiger partial charge >= 0.3 is 5.97 Å². The largest absolute Gasteiger partial charge is 0.460 e. The van der Waals surface area contributed by atoms with Gasteiger partial charge in [0.1, 0.15) is 16.9 Å². The summed E-state index contributed by atoms with van der Waals surface area (Å²) in [6.45, 7) is 7.99. The minimum atomic E-state index is -0.482. The van der Waals surface area contributed by atoms with Gasteiger partial charge in [-0.25, -0.2) is 9.97 Å². The number of nitrogen functional groups attached to an aromatic ring is 1. The highest BCUT2D eigenvalue weighted by Gasteiger charge is 2.19. The molecule has 0 fully saturated rings. The zero-order valence-corrected chi connectivity index (χ0v) is 14.5. The third-order valence-electron chi connectivity index (χ3n) is 3.76. The van der Waals surface area contributed by atoms with Crippen LogP contribution in [0.15, 0.2) is 24.3 Å². The van der Waals surface area contributed by atoms with E-state index in [1.54, 1.807) is 0 Å². The number of ether oxygens (including phenoxy) is 1. The third-order valence-corrected chi connectivity index (χ3v) is 3.76. The standard InChI is InChI=1S/C18H22N4O2/c1-11-20-15-16(12-7-5-6-8-13(12)21-17(15)19)22(11)10-9-14(23)24-18(2,3)4/h5-8H,9-10H2,1-4H3,(H2,19,21). The first-order chi connectivity index (χ1) is 11.3. The van der Waals surface area contributed by atoms with Crippen LogP contribution in [0.2, 0.25) is 0 Å². The van der Waals surface area contributed by atoms with E-state index in [1.165, 1.54) is 0 Å². The Morgan fingerprint density at radius 2 is 1.96 bits per heavy atom. The lowest BCUT2D eigenvalue weighted by Crippen LogP contribution is -2.24. The molecule has 0 radical (unpaired) electrons. The van der Waals surface area contributed by atoms with Gasteiger partial charge in [-0.05, 0) is 33.8 Å². The number of anilines is 1. The summed E-state index contributed by atoms with van der Waals surface area (Å²) in [5, 5.41) is 0.978. The van der Waals surface area contributed by atoms with Crippen LogP contribution in [-0.2, 0) is 16.1 Å². The Hall–Kier alpha value is -2.63. The van der Waals surface area contributed by atoms with E-state index in [2.05, 4.69) is 9.97 Å². The van der Waals surface area contributed by atoms with Crippen molar-refractivity contribution in [2.45, 2.75) is 46.3 Å². The lowest BCUT2D eigenvalue weighted by atomic mass is 10.2. The smallest absolute Gasteiger partial charge is 0.308 e. The maximum Gasteiger partial charge on any atom is 0.308 e. The molecule has 6 heteroatoms. The van der Waals surface area contributed by atoms with Crippen molar-refractivity contribution in [1.82, 2.24) is 14.5 Å². The highest BCUT2D eigenvalue weighted by Crippen LogP contribution is 2.28. The van der Waals surface area contributed by atoms with Crippen molar-refractivity contribution in [2.75, 3.05) is 5.73 Å². The Morgan fingerprint density at radius 3 is 2.67 bits per heavy atom.